The predicted molar refractivity (Wildman–Crippen MR) is 49.3 cm³/mol. The molecule has 0 heterocycles. The first-order valence-corrected chi connectivity index (χ1v) is 5.63. The van der Waals surface area contributed by atoms with Crippen molar-refractivity contribution < 1.29 is 13.6 Å². The molecule has 0 aromatic carbocycles. The summed E-state index contributed by atoms with van der Waals surface area (Å²) in [5.41, 5.74) is 0. The van der Waals surface area contributed by atoms with Crippen molar-refractivity contribution in [3.8, 4) is 0 Å². The molecule has 0 fully saturated rings. The molecule has 0 aliphatic carbocycles. The molecule has 0 amide bonds. The Morgan fingerprint density at radius 2 is 1.42 bits per heavy atom. The lowest BCUT2D eigenvalue weighted by Gasteiger charge is -1.89. The van der Waals surface area contributed by atoms with Gasteiger partial charge in [0.1, 0.15) is 13.2 Å². The highest BCUT2D eigenvalue weighted by molar-refractivity contribution is 7.33. The zero-order chi connectivity index (χ0) is 9.23. The molecule has 0 radical (unpaired) electrons. The summed E-state index contributed by atoms with van der Waals surface area (Å²) in [4.78, 5) is 0. The molecule has 0 N–H and O–H groups in total. The Labute approximate surface area is 75.4 Å². The summed E-state index contributed by atoms with van der Waals surface area (Å²) >= 11 is 0. The van der Waals surface area contributed by atoms with E-state index < -0.39 is 8.25 Å². The Morgan fingerprint density at radius 3 is 1.75 bits per heavy atom. The predicted octanol–water partition coefficient (Wildman–Crippen LogP) is 3.28. The van der Waals surface area contributed by atoms with Gasteiger partial charge in [-0.25, -0.2) is 0 Å². The Bertz CT molecular complexity index is 105. The van der Waals surface area contributed by atoms with E-state index in [2.05, 4.69) is 13.8 Å². The second-order valence-electron chi connectivity index (χ2n) is 2.60. The second-order valence-corrected chi connectivity index (χ2v) is 3.56. The van der Waals surface area contributed by atoms with E-state index in [0.717, 1.165) is 25.7 Å². The van der Waals surface area contributed by atoms with Gasteiger partial charge in [-0.05, 0) is 12.8 Å². The van der Waals surface area contributed by atoms with E-state index in [1.165, 1.54) is 0 Å². The minimum Gasteiger partial charge on any atom is -0.119 e. The van der Waals surface area contributed by atoms with Crippen molar-refractivity contribution in [3.63, 3.8) is 0 Å². The van der Waals surface area contributed by atoms with Crippen LogP contribution in [0.15, 0.2) is 0 Å². The molecule has 0 aliphatic rings. The van der Waals surface area contributed by atoms with Gasteiger partial charge < -0.3 is 0 Å². The number of hydrogen-bond acceptors (Lipinski definition) is 3. The largest absolute Gasteiger partial charge is 0.697 e. The first kappa shape index (κ1) is 12.0. The first-order chi connectivity index (χ1) is 5.81. The Hall–Kier alpha value is 0.0200. The molecule has 0 unspecified atom stereocenters. The molecule has 0 aromatic heterocycles. The van der Waals surface area contributed by atoms with Crippen molar-refractivity contribution >= 4 is 8.25 Å². The van der Waals surface area contributed by atoms with Crippen molar-refractivity contribution in [2.24, 2.45) is 0 Å². The maximum atomic E-state index is 10.9. The minimum absolute atomic E-state index is 0.540. The summed E-state index contributed by atoms with van der Waals surface area (Å²) in [7, 11) is -1.85. The van der Waals surface area contributed by atoms with Crippen LogP contribution in [-0.2, 0) is 13.6 Å². The van der Waals surface area contributed by atoms with E-state index in [1.54, 1.807) is 0 Å². The van der Waals surface area contributed by atoms with Crippen molar-refractivity contribution in [2.75, 3.05) is 13.2 Å². The molecule has 72 valence electrons. The summed E-state index contributed by atoms with van der Waals surface area (Å²) in [6.45, 7) is 5.21. The van der Waals surface area contributed by atoms with Crippen LogP contribution >= 0.6 is 8.25 Å². The number of hydrogen-bond donors (Lipinski definition) is 0. The SMILES string of the molecule is CCCCO[P+](=O)OCCCC. The Kier molecular flexibility index (Phi) is 9.13. The fraction of sp³-hybridized carbons (Fsp3) is 1.00. The molecule has 0 atom stereocenters. The topological polar surface area (TPSA) is 35.5 Å². The third kappa shape index (κ3) is 8.12. The first-order valence-electron chi connectivity index (χ1n) is 4.54. The summed E-state index contributed by atoms with van der Waals surface area (Å²) in [5, 5.41) is 0. The van der Waals surface area contributed by atoms with Crippen LogP contribution in [0.2, 0.25) is 0 Å². The van der Waals surface area contributed by atoms with Gasteiger partial charge in [0.2, 0.25) is 0 Å². The lowest BCUT2D eigenvalue weighted by Crippen LogP contribution is -1.90. The lowest BCUT2D eigenvalue weighted by molar-refractivity contribution is 0.221. The van der Waals surface area contributed by atoms with Crippen molar-refractivity contribution in [3.05, 3.63) is 0 Å². The fourth-order valence-corrected chi connectivity index (χ4v) is 1.23. The van der Waals surface area contributed by atoms with E-state index in [9.17, 15) is 4.57 Å². The minimum atomic E-state index is -1.85. The van der Waals surface area contributed by atoms with Gasteiger partial charge in [0.15, 0.2) is 0 Å². The lowest BCUT2D eigenvalue weighted by atomic mass is 10.4. The fourth-order valence-electron chi connectivity index (χ4n) is 0.604. The molecule has 0 bridgehead atoms. The summed E-state index contributed by atoms with van der Waals surface area (Å²) in [6.07, 6.45) is 3.99. The summed E-state index contributed by atoms with van der Waals surface area (Å²) in [5.74, 6) is 0. The molecule has 0 aromatic rings. The molecule has 0 saturated carbocycles. The second kappa shape index (κ2) is 9.11. The van der Waals surface area contributed by atoms with Crippen LogP contribution < -0.4 is 0 Å². The Morgan fingerprint density at radius 1 is 1.00 bits per heavy atom. The standard InChI is InChI=1S/C8H18O3P/c1-3-5-7-10-12(9)11-8-6-4-2/h3-8H2,1-2H3/q+1. The molecular weight excluding hydrogens is 175 g/mol. The molecule has 0 rings (SSSR count). The van der Waals surface area contributed by atoms with Crippen LogP contribution in [0.3, 0.4) is 0 Å². The average Bonchev–Trinajstić information content (AvgIpc) is 2.06. The van der Waals surface area contributed by atoms with Crippen LogP contribution in [0.25, 0.3) is 0 Å². The summed E-state index contributed by atoms with van der Waals surface area (Å²) in [6, 6.07) is 0. The van der Waals surface area contributed by atoms with E-state index in [-0.39, 0.29) is 0 Å². The van der Waals surface area contributed by atoms with Gasteiger partial charge >= 0.3 is 8.25 Å². The van der Waals surface area contributed by atoms with Crippen molar-refractivity contribution in [1.29, 1.82) is 0 Å². The van der Waals surface area contributed by atoms with Gasteiger partial charge in [-0.15, -0.1) is 9.05 Å². The van der Waals surface area contributed by atoms with Gasteiger partial charge in [0.05, 0.1) is 0 Å². The van der Waals surface area contributed by atoms with Crippen LogP contribution in [0.1, 0.15) is 39.5 Å². The van der Waals surface area contributed by atoms with E-state index in [4.69, 9.17) is 9.05 Å². The van der Waals surface area contributed by atoms with Crippen LogP contribution in [0, 0.1) is 0 Å². The highest BCUT2D eigenvalue weighted by Crippen LogP contribution is 2.24. The molecular formula is C8H18O3P+. The highest BCUT2D eigenvalue weighted by atomic mass is 31.1. The molecule has 3 nitrogen and oxygen atoms in total. The molecule has 0 spiro atoms. The highest BCUT2D eigenvalue weighted by Gasteiger charge is 2.18. The van der Waals surface area contributed by atoms with Crippen LogP contribution in [0.5, 0.6) is 0 Å². The summed E-state index contributed by atoms with van der Waals surface area (Å²) < 4.78 is 20.7. The third-order valence-corrected chi connectivity index (χ3v) is 2.18. The normalized spacial score (nSPS) is 10.2. The van der Waals surface area contributed by atoms with E-state index >= 15 is 0 Å². The smallest absolute Gasteiger partial charge is 0.119 e. The van der Waals surface area contributed by atoms with E-state index in [1.807, 2.05) is 0 Å². The van der Waals surface area contributed by atoms with Gasteiger partial charge in [-0.2, -0.15) is 0 Å². The number of rotatable bonds is 8. The maximum absolute atomic E-state index is 10.9. The van der Waals surface area contributed by atoms with Crippen molar-refractivity contribution in [1.82, 2.24) is 0 Å². The number of unbranched alkanes of at least 4 members (excludes halogenated alkanes) is 2. The zero-order valence-electron chi connectivity index (χ0n) is 7.91. The monoisotopic (exact) mass is 193 g/mol. The van der Waals surface area contributed by atoms with Crippen LogP contribution in [-0.4, -0.2) is 13.2 Å². The van der Waals surface area contributed by atoms with Gasteiger partial charge in [-0.1, -0.05) is 26.7 Å². The molecule has 12 heavy (non-hydrogen) atoms. The van der Waals surface area contributed by atoms with Crippen molar-refractivity contribution in [2.45, 2.75) is 39.5 Å². The van der Waals surface area contributed by atoms with Gasteiger partial charge in [0.25, 0.3) is 0 Å². The maximum Gasteiger partial charge on any atom is 0.697 e. The molecule has 0 saturated heterocycles. The van der Waals surface area contributed by atoms with E-state index in [0.29, 0.717) is 13.2 Å². The van der Waals surface area contributed by atoms with Gasteiger partial charge in [-0.3, -0.25) is 0 Å². The third-order valence-electron chi connectivity index (χ3n) is 1.39. The van der Waals surface area contributed by atoms with Gasteiger partial charge in [0, 0.05) is 4.57 Å². The average molecular weight is 193 g/mol. The molecule has 4 heteroatoms. The zero-order valence-corrected chi connectivity index (χ0v) is 8.81. The quantitative estimate of drug-likeness (QED) is 0.438. The molecule has 0 aliphatic heterocycles. The Balaban J connectivity index is 3.10. The van der Waals surface area contributed by atoms with Crippen LogP contribution in [0.4, 0.5) is 0 Å².